The number of carbonyl (C=O) groups excluding carboxylic acids is 2. The average molecular weight is 418 g/mol. The molecule has 2 aromatic rings. The zero-order valence-electron chi connectivity index (χ0n) is 17.7. The molecule has 0 aliphatic heterocycles. The van der Waals surface area contributed by atoms with Crippen LogP contribution in [0.1, 0.15) is 31.1 Å². The van der Waals surface area contributed by atoms with Crippen LogP contribution in [-0.2, 0) is 9.53 Å². The van der Waals surface area contributed by atoms with Crippen LogP contribution in [0.3, 0.4) is 0 Å². The summed E-state index contributed by atoms with van der Waals surface area (Å²) in [5.41, 5.74) is -0.712. The molecule has 11 nitrogen and oxygen atoms in total. The summed E-state index contributed by atoms with van der Waals surface area (Å²) in [6, 6.07) is 4.07. The number of nitrogens with zero attached hydrogens (tertiary/aromatic N) is 6. The molecule has 1 aromatic heterocycles. The Balaban J connectivity index is 2.32. The summed E-state index contributed by atoms with van der Waals surface area (Å²) in [4.78, 5) is 43.3. The Kier molecular flexibility index (Phi) is 7.22. The SMILES string of the molecule is CN(C)CCN(CC(=O)OC(C)(C)C)C(=O)c1ccc(-n2cncn2)c([N+](=O)[O-])c1. The third-order valence-electron chi connectivity index (χ3n) is 3.93. The molecule has 0 unspecified atom stereocenters. The van der Waals surface area contributed by atoms with Gasteiger partial charge in [-0.2, -0.15) is 5.10 Å². The third-order valence-corrected chi connectivity index (χ3v) is 3.93. The molecule has 162 valence electrons. The second-order valence-electron chi connectivity index (χ2n) is 7.92. The van der Waals surface area contributed by atoms with E-state index in [0.717, 1.165) is 0 Å². The largest absolute Gasteiger partial charge is 0.459 e. The van der Waals surface area contributed by atoms with Crippen molar-refractivity contribution in [2.75, 3.05) is 33.7 Å². The molecule has 0 saturated heterocycles. The molecule has 0 aliphatic rings. The summed E-state index contributed by atoms with van der Waals surface area (Å²) in [6.07, 6.45) is 2.59. The highest BCUT2D eigenvalue weighted by molar-refractivity contribution is 5.97. The minimum Gasteiger partial charge on any atom is -0.459 e. The van der Waals surface area contributed by atoms with Crippen LogP contribution in [0.2, 0.25) is 0 Å². The van der Waals surface area contributed by atoms with Gasteiger partial charge in [0, 0.05) is 24.7 Å². The molecule has 0 N–H and O–H groups in total. The number of amides is 1. The summed E-state index contributed by atoms with van der Waals surface area (Å²) < 4.78 is 6.56. The van der Waals surface area contributed by atoms with E-state index in [9.17, 15) is 19.7 Å². The summed E-state index contributed by atoms with van der Waals surface area (Å²) in [6.45, 7) is 5.72. The number of esters is 1. The fourth-order valence-electron chi connectivity index (χ4n) is 2.61. The van der Waals surface area contributed by atoms with Crippen LogP contribution in [0, 0.1) is 10.1 Å². The molecule has 11 heteroatoms. The van der Waals surface area contributed by atoms with Crippen molar-refractivity contribution in [3.05, 3.63) is 46.5 Å². The van der Waals surface area contributed by atoms with Gasteiger partial charge in [0.25, 0.3) is 11.6 Å². The highest BCUT2D eigenvalue weighted by Crippen LogP contribution is 2.24. The topological polar surface area (TPSA) is 124 Å². The van der Waals surface area contributed by atoms with Crippen molar-refractivity contribution in [3.63, 3.8) is 0 Å². The number of ether oxygens (including phenoxy) is 1. The van der Waals surface area contributed by atoms with E-state index in [1.807, 2.05) is 19.0 Å². The predicted octanol–water partition coefficient (Wildman–Crippen LogP) is 1.52. The second-order valence-corrected chi connectivity index (χ2v) is 7.92. The number of rotatable bonds is 8. The molecule has 2 rings (SSSR count). The number of likely N-dealkylation sites (N-methyl/N-ethyl adjacent to an activating group) is 1. The van der Waals surface area contributed by atoms with E-state index in [0.29, 0.717) is 6.54 Å². The lowest BCUT2D eigenvalue weighted by molar-refractivity contribution is -0.384. The van der Waals surface area contributed by atoms with Gasteiger partial charge in [-0.1, -0.05) is 0 Å². The zero-order chi connectivity index (χ0) is 22.5. The maximum atomic E-state index is 13.1. The van der Waals surface area contributed by atoms with Gasteiger partial charge in [-0.25, -0.2) is 9.67 Å². The standard InChI is InChI=1S/C19H26N6O5/c1-19(2,3)30-17(26)11-23(9-8-22(4)5)18(27)14-6-7-15(16(10-14)25(28)29)24-13-20-12-21-24/h6-7,10,12-13H,8-9,11H2,1-5H3. The van der Waals surface area contributed by atoms with Gasteiger partial charge in [0.15, 0.2) is 0 Å². The molecule has 0 fully saturated rings. The van der Waals surface area contributed by atoms with E-state index in [-0.39, 0.29) is 30.0 Å². The first-order valence-electron chi connectivity index (χ1n) is 9.27. The lowest BCUT2D eigenvalue weighted by Gasteiger charge is -2.26. The lowest BCUT2D eigenvalue weighted by Crippen LogP contribution is -2.42. The van der Waals surface area contributed by atoms with Crippen molar-refractivity contribution in [1.82, 2.24) is 24.6 Å². The van der Waals surface area contributed by atoms with Crippen LogP contribution >= 0.6 is 0 Å². The van der Waals surface area contributed by atoms with Crippen molar-refractivity contribution in [2.24, 2.45) is 0 Å². The van der Waals surface area contributed by atoms with Gasteiger partial charge in [0.05, 0.1) is 4.92 Å². The van der Waals surface area contributed by atoms with Crippen molar-refractivity contribution in [1.29, 1.82) is 0 Å². The van der Waals surface area contributed by atoms with Crippen molar-refractivity contribution in [3.8, 4) is 5.69 Å². The van der Waals surface area contributed by atoms with E-state index in [4.69, 9.17) is 4.74 Å². The molecule has 0 saturated carbocycles. The van der Waals surface area contributed by atoms with Crippen LogP contribution in [0.15, 0.2) is 30.9 Å². The molecule has 1 aromatic carbocycles. The smallest absolute Gasteiger partial charge is 0.326 e. The number of aromatic nitrogens is 3. The van der Waals surface area contributed by atoms with Gasteiger partial charge in [-0.05, 0) is 47.0 Å². The number of carbonyl (C=O) groups is 2. The first-order valence-corrected chi connectivity index (χ1v) is 9.27. The Morgan fingerprint density at radius 2 is 1.93 bits per heavy atom. The molecule has 1 heterocycles. The van der Waals surface area contributed by atoms with Crippen LogP contribution < -0.4 is 0 Å². The summed E-state index contributed by atoms with van der Waals surface area (Å²) in [7, 11) is 3.68. The summed E-state index contributed by atoms with van der Waals surface area (Å²) in [5, 5.41) is 15.4. The fraction of sp³-hybridized carbons (Fsp3) is 0.474. The maximum absolute atomic E-state index is 13.1. The molecule has 30 heavy (non-hydrogen) atoms. The first-order chi connectivity index (χ1) is 14.0. The Bertz CT molecular complexity index is 905. The predicted molar refractivity (Wildman–Crippen MR) is 108 cm³/mol. The van der Waals surface area contributed by atoms with Crippen LogP contribution in [0.25, 0.3) is 5.69 Å². The highest BCUT2D eigenvalue weighted by atomic mass is 16.6. The van der Waals surface area contributed by atoms with Gasteiger partial charge in [-0.15, -0.1) is 0 Å². The van der Waals surface area contributed by atoms with Crippen LogP contribution in [0.4, 0.5) is 5.69 Å². The molecule has 0 spiro atoms. The number of hydrogen-bond acceptors (Lipinski definition) is 8. The normalized spacial score (nSPS) is 11.4. The van der Waals surface area contributed by atoms with E-state index >= 15 is 0 Å². The Morgan fingerprint density at radius 1 is 1.23 bits per heavy atom. The van der Waals surface area contributed by atoms with Gasteiger partial charge >= 0.3 is 5.97 Å². The van der Waals surface area contributed by atoms with Gasteiger partial charge in [0.1, 0.15) is 30.5 Å². The Hall–Kier alpha value is -3.34. The minimum absolute atomic E-state index is 0.0906. The lowest BCUT2D eigenvalue weighted by atomic mass is 10.1. The van der Waals surface area contributed by atoms with E-state index in [1.54, 1.807) is 20.8 Å². The van der Waals surface area contributed by atoms with Crippen molar-refractivity contribution < 1.29 is 19.2 Å². The maximum Gasteiger partial charge on any atom is 0.326 e. The molecular formula is C19H26N6O5. The Labute approximate surface area is 174 Å². The molecule has 0 bridgehead atoms. The monoisotopic (exact) mass is 418 g/mol. The average Bonchev–Trinajstić information content (AvgIpc) is 3.17. The molecule has 0 aliphatic carbocycles. The molecule has 0 atom stereocenters. The fourth-order valence-corrected chi connectivity index (χ4v) is 2.61. The highest BCUT2D eigenvalue weighted by Gasteiger charge is 2.26. The minimum atomic E-state index is -0.689. The number of hydrogen-bond donors (Lipinski definition) is 0. The number of benzene rings is 1. The Morgan fingerprint density at radius 3 is 2.47 bits per heavy atom. The van der Waals surface area contributed by atoms with Crippen molar-refractivity contribution >= 4 is 17.6 Å². The number of nitro groups is 1. The van der Waals surface area contributed by atoms with Gasteiger partial charge < -0.3 is 14.5 Å². The van der Waals surface area contributed by atoms with E-state index < -0.39 is 22.4 Å². The van der Waals surface area contributed by atoms with Gasteiger partial charge in [-0.3, -0.25) is 19.7 Å². The van der Waals surface area contributed by atoms with Crippen LogP contribution in [0.5, 0.6) is 0 Å². The second kappa shape index (κ2) is 9.44. The summed E-state index contributed by atoms with van der Waals surface area (Å²) in [5.74, 6) is -1.06. The third kappa shape index (κ3) is 6.34. The molecule has 1 amide bonds. The number of nitro benzene ring substituents is 1. The van der Waals surface area contributed by atoms with E-state index in [2.05, 4.69) is 10.1 Å². The van der Waals surface area contributed by atoms with Crippen LogP contribution in [-0.4, -0.2) is 80.7 Å². The quantitative estimate of drug-likeness (QED) is 0.359. The zero-order valence-corrected chi connectivity index (χ0v) is 17.7. The van der Waals surface area contributed by atoms with Crippen molar-refractivity contribution in [2.45, 2.75) is 26.4 Å². The molecular weight excluding hydrogens is 392 g/mol. The first kappa shape index (κ1) is 22.9. The van der Waals surface area contributed by atoms with E-state index in [1.165, 1.54) is 40.4 Å². The summed E-state index contributed by atoms with van der Waals surface area (Å²) >= 11 is 0. The van der Waals surface area contributed by atoms with Gasteiger partial charge in [0.2, 0.25) is 0 Å². The molecule has 0 radical (unpaired) electrons.